The number of fused-ring (bicyclic) bond motifs is 12. The van der Waals surface area contributed by atoms with E-state index in [1.807, 2.05) is 24.3 Å². The lowest BCUT2D eigenvalue weighted by Crippen LogP contribution is -2.28. The topological polar surface area (TPSA) is 66.4 Å². The molecule has 0 aromatic heterocycles. The summed E-state index contributed by atoms with van der Waals surface area (Å²) in [7, 11) is 5.12. The third-order valence-corrected chi connectivity index (χ3v) is 26.5. The minimum Gasteiger partial charge on any atom is -0.497 e. The van der Waals surface area contributed by atoms with Crippen LogP contribution in [0.2, 0.25) is 0 Å². The Morgan fingerprint density at radius 1 is 0.214 bits per heavy atom. The summed E-state index contributed by atoms with van der Waals surface area (Å²) in [5.41, 5.74) is 40.8. The third kappa shape index (κ3) is 15.1. The van der Waals surface area contributed by atoms with Gasteiger partial charge in [0.05, 0.1) is 62.8 Å². The number of rotatable bonds is 20. The van der Waals surface area contributed by atoms with Gasteiger partial charge < -0.3 is 28.8 Å². The molecule has 0 amide bonds. The molecule has 0 spiro atoms. The van der Waals surface area contributed by atoms with Crippen molar-refractivity contribution >= 4 is 0 Å². The lowest BCUT2D eigenvalue weighted by molar-refractivity contribution is 0.282. The quantitative estimate of drug-likeness (QED) is 0.0767. The highest BCUT2D eigenvalue weighted by atomic mass is 16.5. The monoisotopic (exact) mass is 1650 g/mol. The van der Waals surface area contributed by atoms with Gasteiger partial charge in [-0.15, -0.1) is 0 Å². The van der Waals surface area contributed by atoms with Gasteiger partial charge in [0.15, 0.2) is 0 Å². The smallest absolute Gasteiger partial charge is 0.119 e. The first kappa shape index (κ1) is 84.7. The number of aliphatic hydroxyl groups is 1. The van der Waals surface area contributed by atoms with E-state index in [9.17, 15) is 5.11 Å². The highest BCUT2D eigenvalue weighted by Crippen LogP contribution is 2.62. The van der Waals surface area contributed by atoms with Crippen molar-refractivity contribution in [3.63, 3.8) is 0 Å². The maximum Gasteiger partial charge on any atom is 0.119 e. The van der Waals surface area contributed by atoms with Crippen molar-refractivity contribution in [2.45, 2.75) is 123 Å². The van der Waals surface area contributed by atoms with Crippen LogP contribution in [0.15, 0.2) is 352 Å². The number of aliphatic hydroxyl groups excluding tert-OH is 1. The summed E-state index contributed by atoms with van der Waals surface area (Å²) in [4.78, 5) is 0. The van der Waals surface area contributed by atoms with Crippen molar-refractivity contribution in [1.82, 2.24) is 0 Å². The van der Waals surface area contributed by atoms with Crippen molar-refractivity contribution < 1.29 is 28.8 Å². The second-order valence-corrected chi connectivity index (χ2v) is 34.6. The fourth-order valence-electron chi connectivity index (χ4n) is 20.4. The SMILES string of the molecule is CCCCOc1ccc(C2(c3ccc(OCCCC)cc3)c3cc(C)ccc3-c3ccc(C)cc32)cc1.COc1ccc(C2(c3ccc(CO)cc3)c3cc(C)ccc3-c3ccc(C)cc32)cc1.COc1ccc(C2(c3ccc(OC)cc3)c3cc(C)ccc3-c3ccc(C)cc32)cc1.Cc1ccc2c(c1)C(c1ccccc1)(c1ccccc1)c1cc(C)ccc1-2. The second-order valence-electron chi connectivity index (χ2n) is 34.6. The second kappa shape index (κ2) is 36.0. The fourth-order valence-corrected chi connectivity index (χ4v) is 20.4. The van der Waals surface area contributed by atoms with E-state index in [-0.39, 0.29) is 12.0 Å². The lowest BCUT2D eigenvalue weighted by Gasteiger charge is -2.34. The Hall–Kier alpha value is -13.5. The number of hydrogen-bond acceptors (Lipinski definition) is 6. The van der Waals surface area contributed by atoms with Gasteiger partial charge in [-0.25, -0.2) is 0 Å². The van der Waals surface area contributed by atoms with Gasteiger partial charge in [0, 0.05) is 0 Å². The Bertz CT molecular complexity index is 5980. The lowest BCUT2D eigenvalue weighted by atomic mass is 9.67. The highest BCUT2D eigenvalue weighted by Gasteiger charge is 2.51. The van der Waals surface area contributed by atoms with Gasteiger partial charge in [-0.2, -0.15) is 0 Å². The van der Waals surface area contributed by atoms with Crippen molar-refractivity contribution in [1.29, 1.82) is 0 Å². The maximum atomic E-state index is 9.61. The molecule has 16 aromatic carbocycles. The van der Waals surface area contributed by atoms with Crippen LogP contribution >= 0.6 is 0 Å². The molecule has 0 bridgehead atoms. The Morgan fingerprint density at radius 2 is 0.397 bits per heavy atom. The average molecular weight is 1650 g/mol. The zero-order valence-corrected chi connectivity index (χ0v) is 74.9. The minimum absolute atomic E-state index is 0.0429. The van der Waals surface area contributed by atoms with Crippen LogP contribution < -0.4 is 23.7 Å². The van der Waals surface area contributed by atoms with Gasteiger partial charge in [0.25, 0.3) is 0 Å². The van der Waals surface area contributed by atoms with Crippen LogP contribution in [-0.2, 0) is 28.3 Å². The molecule has 6 heteroatoms. The first-order valence-electron chi connectivity index (χ1n) is 44.6. The molecule has 126 heavy (non-hydrogen) atoms. The van der Waals surface area contributed by atoms with Crippen LogP contribution in [-0.4, -0.2) is 39.6 Å². The van der Waals surface area contributed by atoms with Gasteiger partial charge in [0.1, 0.15) is 28.7 Å². The molecule has 0 saturated carbocycles. The van der Waals surface area contributed by atoms with Crippen molar-refractivity contribution in [2.75, 3.05) is 34.5 Å². The first-order valence-corrected chi connectivity index (χ1v) is 44.6. The van der Waals surface area contributed by atoms with Gasteiger partial charge in [-0.3, -0.25) is 0 Å². The normalized spacial score (nSPS) is 13.5. The van der Waals surface area contributed by atoms with E-state index in [1.165, 1.54) is 178 Å². The molecule has 0 saturated heterocycles. The molecule has 20 rings (SSSR count). The van der Waals surface area contributed by atoms with Crippen LogP contribution in [0, 0.1) is 55.4 Å². The molecule has 628 valence electrons. The number of methoxy groups -OCH3 is 3. The number of aryl methyl sites for hydroxylation is 8. The molecule has 4 aliphatic rings. The summed E-state index contributed by atoms with van der Waals surface area (Å²) in [6, 6.07) is 128. The molecule has 0 unspecified atom stereocenters. The van der Waals surface area contributed by atoms with Crippen LogP contribution in [0.5, 0.6) is 28.7 Å². The molecule has 4 aliphatic carbocycles. The average Bonchev–Trinajstić information content (AvgIpc) is 1.56. The number of unbranched alkanes of at least 4 members (excludes halogenated alkanes) is 2. The molecule has 0 atom stereocenters. The minimum atomic E-state index is -0.428. The molecule has 0 radical (unpaired) electrons. The molecule has 0 aliphatic heterocycles. The van der Waals surface area contributed by atoms with Gasteiger partial charge in [-0.1, -0.05) is 362 Å². The third-order valence-electron chi connectivity index (χ3n) is 26.5. The summed E-state index contributed by atoms with van der Waals surface area (Å²) in [6.45, 7) is 23.3. The predicted octanol–water partition coefficient (Wildman–Crippen LogP) is 28.5. The Morgan fingerprint density at radius 3 is 0.579 bits per heavy atom. The number of benzene rings is 16. The van der Waals surface area contributed by atoms with Crippen molar-refractivity contribution in [3.8, 4) is 73.3 Å². The fraction of sp³-hybridized carbons (Fsp3) is 0.200. The Kier molecular flexibility index (Phi) is 24.2. The standard InChI is InChI=1S/C35H38O2.2C29H26O2.C27H22/c1-5-7-21-36-29-15-11-27(12-16-29)35(28-13-17-30(18-14-28)37-22-8-6-2)33-23-25(3)9-19-31(33)32-20-10-26(4)24-34(32)35;1-19-5-15-25-26-16-6-20(2)18-28(26)29(27(25)17-19,21-7-11-23(30-3)12-8-21)22-9-13-24(31-4)14-10-22;1-19-4-14-25-26-15-5-20(2)17-28(26)29(27(25)16-19,22-8-6-21(18-30)7-9-22)23-10-12-24(31-3)13-11-23;1-19-13-15-23-24-16-14-20(2)18-26(24)27(25(23)17-19,21-9-5-3-6-10-21)22-11-7-4-8-12-22/h9-20,23-24H,5-8,21-22H2,1-4H3;5-18H,1-4H3;4-17,30H,18H2,1-3H3;3-18H,1-2H3. The van der Waals surface area contributed by atoms with Crippen LogP contribution in [0.3, 0.4) is 0 Å². The summed E-state index contributed by atoms with van der Waals surface area (Å²) in [5.74, 6) is 4.43. The summed E-state index contributed by atoms with van der Waals surface area (Å²) in [6.07, 6.45) is 4.40. The highest BCUT2D eigenvalue weighted by molar-refractivity contribution is 5.91. The predicted molar refractivity (Wildman–Crippen MR) is 519 cm³/mol. The maximum absolute atomic E-state index is 9.61. The molecule has 1 N–H and O–H groups in total. The van der Waals surface area contributed by atoms with Gasteiger partial charge in [0.2, 0.25) is 0 Å². The summed E-state index contributed by atoms with van der Waals surface area (Å²) >= 11 is 0. The van der Waals surface area contributed by atoms with E-state index >= 15 is 0 Å². The van der Waals surface area contributed by atoms with E-state index in [0.29, 0.717) is 0 Å². The number of ether oxygens (including phenoxy) is 5. The largest absolute Gasteiger partial charge is 0.497 e. The van der Waals surface area contributed by atoms with Crippen LogP contribution in [0.4, 0.5) is 0 Å². The molecule has 6 nitrogen and oxygen atoms in total. The van der Waals surface area contributed by atoms with E-state index in [4.69, 9.17) is 23.7 Å². The zero-order chi connectivity index (χ0) is 87.4. The van der Waals surface area contributed by atoms with E-state index in [2.05, 4.69) is 397 Å². The first-order chi connectivity index (χ1) is 61.4. The number of hydrogen-bond donors (Lipinski definition) is 1. The Labute approximate surface area is 745 Å². The van der Waals surface area contributed by atoms with Crippen molar-refractivity contribution in [3.05, 3.63) is 491 Å². The van der Waals surface area contributed by atoms with E-state index < -0.39 is 16.2 Å². The van der Waals surface area contributed by atoms with Crippen LogP contribution in [0.25, 0.3) is 44.5 Å². The summed E-state index contributed by atoms with van der Waals surface area (Å²) in [5, 5.41) is 9.61. The Balaban J connectivity index is 0.000000119. The molecular weight excluding hydrogens is 1540 g/mol. The van der Waals surface area contributed by atoms with Gasteiger partial charge in [-0.05, 0) is 268 Å². The van der Waals surface area contributed by atoms with E-state index in [1.54, 1.807) is 21.3 Å². The van der Waals surface area contributed by atoms with Crippen LogP contribution in [0.1, 0.15) is 179 Å². The summed E-state index contributed by atoms with van der Waals surface area (Å²) < 4.78 is 28.4. The zero-order valence-electron chi connectivity index (χ0n) is 74.9. The molecule has 0 heterocycles. The van der Waals surface area contributed by atoms with Crippen molar-refractivity contribution in [2.24, 2.45) is 0 Å². The van der Waals surface area contributed by atoms with E-state index in [0.717, 1.165) is 73.2 Å². The molecule has 16 aromatic rings. The van der Waals surface area contributed by atoms with Gasteiger partial charge >= 0.3 is 0 Å². The molecule has 0 fully saturated rings. The molecular formula is C120H112O6.